The van der Waals surface area contributed by atoms with Crippen molar-refractivity contribution in [2.24, 2.45) is 0 Å². The van der Waals surface area contributed by atoms with Gasteiger partial charge in [0, 0.05) is 5.56 Å². The normalized spacial score (nSPS) is 9.88. The molecule has 1 rings (SSSR count). The summed E-state index contributed by atoms with van der Waals surface area (Å²) in [7, 11) is 0. The third-order valence-electron chi connectivity index (χ3n) is 2.59. The molecule has 1 aromatic rings. The molecule has 1 aromatic carbocycles. The van der Waals surface area contributed by atoms with E-state index < -0.39 is 0 Å². The fourth-order valence-corrected chi connectivity index (χ4v) is 1.60. The van der Waals surface area contributed by atoms with Gasteiger partial charge in [-0.3, -0.25) is 4.79 Å². The van der Waals surface area contributed by atoms with Gasteiger partial charge in [0.25, 0.3) is 0 Å². The number of carbonyl (C=O) groups is 1. The fraction of sp³-hybridized carbons (Fsp3) is 0.357. The zero-order valence-electron chi connectivity index (χ0n) is 9.91. The molecule has 3 heteroatoms. The van der Waals surface area contributed by atoms with Crippen LogP contribution >= 0.6 is 0 Å². The Bertz CT molecular complexity index is 384. The average Bonchev–Trinajstić information content (AvgIpc) is 2.38. The summed E-state index contributed by atoms with van der Waals surface area (Å²) in [6.45, 7) is 0. The quantitative estimate of drug-likeness (QED) is 0.401. The van der Waals surface area contributed by atoms with E-state index in [4.69, 9.17) is 10.8 Å². The molecule has 0 spiro atoms. The molecule has 0 heterocycles. The maximum atomic E-state index is 11.8. The number of carbonyl (C=O) groups excluding carboxylic acids is 1. The molecule has 0 atom stereocenters. The summed E-state index contributed by atoms with van der Waals surface area (Å²) in [5.41, 5.74) is 0.781. The summed E-state index contributed by atoms with van der Waals surface area (Å²) in [4.78, 5) is 11.8. The van der Waals surface area contributed by atoms with Gasteiger partial charge in [-0.25, -0.2) is 0 Å². The Kier molecular flexibility index (Phi) is 5.86. The van der Waals surface area contributed by atoms with Crippen LogP contribution in [-0.4, -0.2) is 17.7 Å². The first-order chi connectivity index (χ1) is 8.25. The Balaban J connectivity index is 2.33. The molecule has 0 bridgehead atoms. The number of ketones is 1. The summed E-state index contributed by atoms with van der Waals surface area (Å²) >= 11 is 0. The molecule has 0 aromatic heterocycles. The maximum Gasteiger partial charge on any atom is 0.206 e. The maximum absolute atomic E-state index is 11.8. The zero-order valence-corrected chi connectivity index (χ0v) is 9.91. The van der Waals surface area contributed by atoms with Crippen LogP contribution in [0.3, 0.4) is 0 Å². The number of hydrogen-bond donors (Lipinski definition) is 2. The largest absolute Gasteiger partial charge is 0.313 e. The van der Waals surface area contributed by atoms with E-state index >= 15 is 0 Å². The minimum Gasteiger partial charge on any atom is -0.313 e. The zero-order chi connectivity index (χ0) is 12.5. The van der Waals surface area contributed by atoms with Crippen LogP contribution in [0.4, 0.5) is 0 Å². The second-order valence-electron chi connectivity index (χ2n) is 3.98. The van der Waals surface area contributed by atoms with Crippen LogP contribution in [0.5, 0.6) is 0 Å². The van der Waals surface area contributed by atoms with E-state index in [9.17, 15) is 4.79 Å². The molecule has 3 nitrogen and oxygen atoms in total. The molecule has 0 aliphatic heterocycles. The van der Waals surface area contributed by atoms with Gasteiger partial charge in [0.1, 0.15) is 0 Å². The van der Waals surface area contributed by atoms with Crippen LogP contribution in [0.2, 0.25) is 0 Å². The van der Waals surface area contributed by atoms with E-state index in [2.05, 4.69) is 0 Å². The highest BCUT2D eigenvalue weighted by molar-refractivity contribution is 6.44. The van der Waals surface area contributed by atoms with Crippen LogP contribution in [0, 0.1) is 10.8 Å². The van der Waals surface area contributed by atoms with E-state index in [0.29, 0.717) is 12.0 Å². The van der Waals surface area contributed by atoms with Crippen LogP contribution in [0.15, 0.2) is 30.3 Å². The summed E-state index contributed by atoms with van der Waals surface area (Å²) in [6, 6.07) is 8.96. The molecular formula is C14H18N2O. The number of unbranched alkanes of at least 4 members (excludes halogenated alkanes) is 3. The Morgan fingerprint density at radius 3 is 2.47 bits per heavy atom. The van der Waals surface area contributed by atoms with Gasteiger partial charge in [-0.2, -0.15) is 0 Å². The van der Waals surface area contributed by atoms with Gasteiger partial charge in [0.05, 0.1) is 5.71 Å². The van der Waals surface area contributed by atoms with Crippen molar-refractivity contribution in [3.8, 4) is 0 Å². The lowest BCUT2D eigenvalue weighted by atomic mass is 10.0. The van der Waals surface area contributed by atoms with Crippen molar-refractivity contribution >= 4 is 17.7 Å². The topological polar surface area (TPSA) is 64.8 Å². The molecule has 90 valence electrons. The molecule has 0 saturated carbocycles. The number of hydrogen-bond acceptors (Lipinski definition) is 3. The lowest BCUT2D eigenvalue weighted by Crippen LogP contribution is -2.12. The highest BCUT2D eigenvalue weighted by Crippen LogP contribution is 2.07. The SMILES string of the molecule is N=CCCCCCC(=N)C(=O)c1ccccc1. The lowest BCUT2D eigenvalue weighted by Gasteiger charge is -2.03. The van der Waals surface area contributed by atoms with Crippen molar-refractivity contribution < 1.29 is 4.79 Å². The van der Waals surface area contributed by atoms with Gasteiger partial charge in [-0.05, 0) is 31.9 Å². The Hall–Kier alpha value is -1.77. The Morgan fingerprint density at radius 1 is 1.12 bits per heavy atom. The third kappa shape index (κ3) is 4.72. The van der Waals surface area contributed by atoms with Crippen molar-refractivity contribution in [1.82, 2.24) is 0 Å². The molecule has 0 unspecified atom stereocenters. The first-order valence-corrected chi connectivity index (χ1v) is 5.92. The molecule has 0 radical (unpaired) electrons. The second-order valence-corrected chi connectivity index (χ2v) is 3.98. The monoisotopic (exact) mass is 230 g/mol. The van der Waals surface area contributed by atoms with Gasteiger partial charge in [0.15, 0.2) is 0 Å². The predicted octanol–water partition coefficient (Wildman–Crippen LogP) is 3.49. The van der Waals surface area contributed by atoms with Gasteiger partial charge in [-0.15, -0.1) is 0 Å². The van der Waals surface area contributed by atoms with E-state index in [1.807, 2.05) is 18.2 Å². The molecule has 2 N–H and O–H groups in total. The van der Waals surface area contributed by atoms with Gasteiger partial charge in [0.2, 0.25) is 5.78 Å². The first kappa shape index (κ1) is 13.3. The standard InChI is InChI=1S/C14H18N2O/c15-11-7-2-1-6-10-13(16)14(17)12-8-4-3-5-9-12/h3-5,8-9,11,15-16H,1-2,6-7,10H2. The van der Waals surface area contributed by atoms with E-state index in [1.165, 1.54) is 6.21 Å². The summed E-state index contributed by atoms with van der Waals surface area (Å²) in [5.74, 6) is -0.169. The molecule has 0 aliphatic carbocycles. The Morgan fingerprint density at radius 2 is 1.82 bits per heavy atom. The van der Waals surface area contributed by atoms with Gasteiger partial charge < -0.3 is 10.8 Å². The highest BCUT2D eigenvalue weighted by Gasteiger charge is 2.10. The molecule has 0 aliphatic rings. The summed E-state index contributed by atoms with van der Waals surface area (Å²) in [6.07, 6.45) is 5.52. The molecule has 0 saturated heterocycles. The molecule has 0 amide bonds. The highest BCUT2D eigenvalue weighted by atomic mass is 16.1. The van der Waals surface area contributed by atoms with Crippen molar-refractivity contribution in [3.05, 3.63) is 35.9 Å². The van der Waals surface area contributed by atoms with Crippen molar-refractivity contribution in [2.45, 2.75) is 32.1 Å². The lowest BCUT2D eigenvalue weighted by molar-refractivity contribution is 0.106. The number of benzene rings is 1. The van der Waals surface area contributed by atoms with E-state index in [1.54, 1.807) is 12.1 Å². The number of nitrogens with one attached hydrogen (secondary N) is 2. The number of rotatable bonds is 8. The van der Waals surface area contributed by atoms with Crippen LogP contribution in [0.25, 0.3) is 0 Å². The van der Waals surface area contributed by atoms with Crippen LogP contribution in [-0.2, 0) is 0 Å². The van der Waals surface area contributed by atoms with Gasteiger partial charge in [-0.1, -0.05) is 36.8 Å². The van der Waals surface area contributed by atoms with E-state index in [0.717, 1.165) is 25.7 Å². The second kappa shape index (κ2) is 7.49. The van der Waals surface area contributed by atoms with Gasteiger partial charge >= 0.3 is 0 Å². The Labute approximate surface area is 102 Å². The molecule has 0 fully saturated rings. The average molecular weight is 230 g/mol. The minimum atomic E-state index is -0.169. The summed E-state index contributed by atoms with van der Waals surface area (Å²) < 4.78 is 0. The smallest absolute Gasteiger partial charge is 0.206 e. The third-order valence-corrected chi connectivity index (χ3v) is 2.59. The minimum absolute atomic E-state index is 0.169. The predicted molar refractivity (Wildman–Crippen MR) is 70.4 cm³/mol. The molecular weight excluding hydrogens is 212 g/mol. The number of Topliss-reactive ketones (excluding diaryl/α,β-unsaturated/α-hetero) is 1. The van der Waals surface area contributed by atoms with Crippen molar-refractivity contribution in [1.29, 1.82) is 10.8 Å². The van der Waals surface area contributed by atoms with Crippen LogP contribution < -0.4 is 0 Å². The van der Waals surface area contributed by atoms with Crippen LogP contribution in [0.1, 0.15) is 42.5 Å². The van der Waals surface area contributed by atoms with Crippen molar-refractivity contribution in [3.63, 3.8) is 0 Å². The fourth-order valence-electron chi connectivity index (χ4n) is 1.60. The van der Waals surface area contributed by atoms with E-state index in [-0.39, 0.29) is 11.5 Å². The first-order valence-electron chi connectivity index (χ1n) is 5.92. The summed E-state index contributed by atoms with van der Waals surface area (Å²) in [5, 5.41) is 14.6. The molecule has 17 heavy (non-hydrogen) atoms. The van der Waals surface area contributed by atoms with Crippen molar-refractivity contribution in [2.75, 3.05) is 0 Å².